The minimum atomic E-state index is -0.723. The fourth-order valence-electron chi connectivity index (χ4n) is 5.17. The Balaban J connectivity index is 1.42. The van der Waals surface area contributed by atoms with Crippen molar-refractivity contribution in [1.82, 2.24) is 0 Å². The predicted octanol–water partition coefficient (Wildman–Crippen LogP) is 6.81. The van der Waals surface area contributed by atoms with Crippen LogP contribution in [0.3, 0.4) is 0 Å². The van der Waals surface area contributed by atoms with Gasteiger partial charge in [-0.2, -0.15) is 0 Å². The summed E-state index contributed by atoms with van der Waals surface area (Å²) >= 11 is 0. The van der Waals surface area contributed by atoms with Gasteiger partial charge < -0.3 is 9.94 Å². The van der Waals surface area contributed by atoms with Crippen LogP contribution in [0, 0.1) is 23.7 Å². The molecule has 4 heteroatoms. The standard InChI is InChI=1S/C29H33NO3/c31-28(32)16-10-2-1-9-15-26-22-17-19-23(20-18-22)27(26)21-30-33-29(24-11-5-3-6-12-24)25-13-7-4-8-14-25/h1,3-9,11-14,17,19,21-23,26-27,29H,2,10,15-16,18,20H2,(H,31,32)/b9-1-,30-21+/t22-,23+,26+,27?/m1/s1. The van der Waals surface area contributed by atoms with Crippen molar-refractivity contribution in [3.63, 3.8) is 0 Å². The van der Waals surface area contributed by atoms with Crippen molar-refractivity contribution in [2.75, 3.05) is 0 Å². The normalized spacial score (nSPS) is 24.2. The van der Waals surface area contributed by atoms with E-state index >= 15 is 0 Å². The summed E-state index contributed by atoms with van der Waals surface area (Å²) in [6.45, 7) is 0. The summed E-state index contributed by atoms with van der Waals surface area (Å²) in [6.07, 6.45) is 16.1. The second-order valence-corrected chi connectivity index (χ2v) is 9.09. The van der Waals surface area contributed by atoms with Crippen molar-refractivity contribution in [1.29, 1.82) is 0 Å². The third-order valence-corrected chi connectivity index (χ3v) is 6.92. The van der Waals surface area contributed by atoms with Crippen molar-refractivity contribution in [2.24, 2.45) is 28.8 Å². The summed E-state index contributed by atoms with van der Waals surface area (Å²) in [5.41, 5.74) is 2.18. The van der Waals surface area contributed by atoms with E-state index in [0.29, 0.717) is 30.1 Å². The first-order valence-corrected chi connectivity index (χ1v) is 12.1. The highest BCUT2D eigenvalue weighted by Crippen LogP contribution is 2.45. The molecule has 172 valence electrons. The Morgan fingerprint density at radius 3 is 2.21 bits per heavy atom. The van der Waals surface area contributed by atoms with Crippen LogP contribution in [0.15, 0.2) is 90.1 Å². The quantitative estimate of drug-likeness (QED) is 0.180. The molecule has 2 aromatic carbocycles. The van der Waals surface area contributed by atoms with Gasteiger partial charge in [0.2, 0.25) is 0 Å². The second-order valence-electron chi connectivity index (χ2n) is 9.09. The molecule has 3 aliphatic carbocycles. The van der Waals surface area contributed by atoms with Gasteiger partial charge in [0.25, 0.3) is 0 Å². The van der Waals surface area contributed by atoms with E-state index in [1.165, 1.54) is 12.8 Å². The van der Waals surface area contributed by atoms with Gasteiger partial charge in [-0.25, -0.2) is 0 Å². The number of carboxylic acid groups (broad SMARTS) is 1. The van der Waals surface area contributed by atoms with Gasteiger partial charge in [0.15, 0.2) is 6.10 Å². The third kappa shape index (κ3) is 6.22. The van der Waals surface area contributed by atoms with Crippen LogP contribution in [-0.2, 0) is 9.63 Å². The van der Waals surface area contributed by atoms with Crippen LogP contribution < -0.4 is 0 Å². The van der Waals surface area contributed by atoms with E-state index in [4.69, 9.17) is 9.94 Å². The van der Waals surface area contributed by atoms with E-state index in [1.807, 2.05) is 42.6 Å². The molecule has 0 aromatic heterocycles. The fourth-order valence-corrected chi connectivity index (χ4v) is 5.17. The first-order valence-electron chi connectivity index (χ1n) is 12.1. The van der Waals surface area contributed by atoms with E-state index in [-0.39, 0.29) is 12.5 Å². The first kappa shape index (κ1) is 23.0. The summed E-state index contributed by atoms with van der Waals surface area (Å²) < 4.78 is 0. The molecule has 0 radical (unpaired) electrons. The highest BCUT2D eigenvalue weighted by atomic mass is 16.6. The molecule has 0 amide bonds. The lowest BCUT2D eigenvalue weighted by molar-refractivity contribution is -0.137. The molecular weight excluding hydrogens is 410 g/mol. The van der Waals surface area contributed by atoms with E-state index in [1.54, 1.807) is 0 Å². The van der Waals surface area contributed by atoms with Crippen LogP contribution in [0.1, 0.15) is 55.8 Å². The van der Waals surface area contributed by atoms with Crippen LogP contribution in [0.4, 0.5) is 0 Å². The number of carboxylic acids is 1. The Morgan fingerprint density at radius 1 is 0.970 bits per heavy atom. The third-order valence-electron chi connectivity index (χ3n) is 6.92. The minimum absolute atomic E-state index is 0.229. The summed E-state index contributed by atoms with van der Waals surface area (Å²) in [5, 5.41) is 13.3. The van der Waals surface area contributed by atoms with Gasteiger partial charge in [-0.3, -0.25) is 4.79 Å². The van der Waals surface area contributed by atoms with Crippen LogP contribution in [0.5, 0.6) is 0 Å². The van der Waals surface area contributed by atoms with Crippen LogP contribution in [0.25, 0.3) is 0 Å². The number of oxime groups is 1. The maximum atomic E-state index is 10.7. The van der Waals surface area contributed by atoms with Gasteiger partial charge in [0.05, 0.1) is 0 Å². The van der Waals surface area contributed by atoms with Crippen molar-refractivity contribution < 1.29 is 14.7 Å². The van der Waals surface area contributed by atoms with E-state index in [0.717, 1.165) is 24.0 Å². The average Bonchev–Trinajstić information content (AvgIpc) is 2.86. The number of allylic oxidation sites excluding steroid dienone is 4. The molecule has 3 aliphatic rings. The molecule has 2 aromatic rings. The summed E-state index contributed by atoms with van der Waals surface area (Å²) in [7, 11) is 0. The van der Waals surface area contributed by atoms with Crippen molar-refractivity contribution in [2.45, 2.75) is 44.6 Å². The molecule has 1 unspecified atom stereocenters. The van der Waals surface area contributed by atoms with E-state index in [9.17, 15) is 4.79 Å². The van der Waals surface area contributed by atoms with E-state index < -0.39 is 5.97 Å². The lowest BCUT2D eigenvalue weighted by Gasteiger charge is -2.43. The molecule has 0 saturated heterocycles. The highest BCUT2D eigenvalue weighted by molar-refractivity contribution is 5.66. The molecule has 0 aliphatic heterocycles. The van der Waals surface area contributed by atoms with Gasteiger partial charge in [0, 0.05) is 18.6 Å². The predicted molar refractivity (Wildman–Crippen MR) is 132 cm³/mol. The molecule has 1 N–H and O–H groups in total. The number of hydrogen-bond donors (Lipinski definition) is 1. The Kier molecular flexibility index (Phi) is 8.13. The zero-order chi connectivity index (χ0) is 22.9. The summed E-state index contributed by atoms with van der Waals surface area (Å²) in [6, 6.07) is 20.5. The van der Waals surface area contributed by atoms with Gasteiger partial charge in [-0.15, -0.1) is 0 Å². The summed E-state index contributed by atoms with van der Waals surface area (Å²) in [5.74, 6) is 1.25. The fraction of sp³-hybridized carbons (Fsp3) is 0.379. The number of rotatable bonds is 11. The Bertz CT molecular complexity index is 927. The maximum Gasteiger partial charge on any atom is 0.303 e. The van der Waals surface area contributed by atoms with Crippen LogP contribution in [0.2, 0.25) is 0 Å². The Labute approximate surface area is 196 Å². The van der Waals surface area contributed by atoms with Crippen molar-refractivity contribution in [3.05, 3.63) is 96.1 Å². The van der Waals surface area contributed by atoms with Crippen molar-refractivity contribution >= 4 is 12.2 Å². The largest absolute Gasteiger partial charge is 0.481 e. The topological polar surface area (TPSA) is 58.9 Å². The monoisotopic (exact) mass is 443 g/mol. The van der Waals surface area contributed by atoms with Crippen LogP contribution >= 0.6 is 0 Å². The number of benzene rings is 2. The average molecular weight is 444 g/mol. The molecule has 4 atom stereocenters. The number of aliphatic carboxylic acids is 1. The Hall–Kier alpha value is -3.14. The van der Waals surface area contributed by atoms with Gasteiger partial charge in [-0.05, 0) is 61.0 Å². The molecule has 0 spiro atoms. The number of hydrogen-bond acceptors (Lipinski definition) is 3. The number of unbranched alkanes of at least 4 members (excludes halogenated alkanes) is 1. The smallest absolute Gasteiger partial charge is 0.303 e. The van der Waals surface area contributed by atoms with Crippen LogP contribution in [-0.4, -0.2) is 17.3 Å². The molecule has 2 bridgehead atoms. The molecule has 5 rings (SSSR count). The van der Waals surface area contributed by atoms with Gasteiger partial charge in [-0.1, -0.05) is 90.1 Å². The minimum Gasteiger partial charge on any atom is -0.481 e. The first-order chi connectivity index (χ1) is 16.2. The molecule has 1 fully saturated rings. The zero-order valence-electron chi connectivity index (χ0n) is 19.0. The van der Waals surface area contributed by atoms with Gasteiger partial charge >= 0.3 is 5.97 Å². The molecule has 0 heterocycles. The number of carbonyl (C=O) groups is 1. The molecule has 1 saturated carbocycles. The van der Waals surface area contributed by atoms with E-state index in [2.05, 4.69) is 53.7 Å². The number of fused-ring (bicyclic) bond motifs is 2. The SMILES string of the molecule is O=C(O)CCC/C=C\C[C@@H]1C(/C=N/OC(c2ccccc2)c2ccccc2)[C@H]2C=C[C@@H]1CC2. The summed E-state index contributed by atoms with van der Waals surface area (Å²) in [4.78, 5) is 16.8. The highest BCUT2D eigenvalue weighted by Gasteiger charge is 2.39. The zero-order valence-corrected chi connectivity index (χ0v) is 19.0. The number of nitrogens with zero attached hydrogens (tertiary/aromatic N) is 1. The molecule has 33 heavy (non-hydrogen) atoms. The lowest BCUT2D eigenvalue weighted by Crippen LogP contribution is -2.37. The maximum absolute atomic E-state index is 10.7. The second kappa shape index (κ2) is 11.6. The molecular formula is C29H33NO3. The Morgan fingerprint density at radius 2 is 1.61 bits per heavy atom. The van der Waals surface area contributed by atoms with Gasteiger partial charge in [0.1, 0.15) is 0 Å². The lowest BCUT2D eigenvalue weighted by atomic mass is 9.62. The van der Waals surface area contributed by atoms with Crippen molar-refractivity contribution in [3.8, 4) is 0 Å². The molecule has 4 nitrogen and oxygen atoms in total.